The number of hydrogen-bond acceptors (Lipinski definition) is 3. The van der Waals surface area contributed by atoms with Crippen molar-refractivity contribution in [1.29, 1.82) is 0 Å². The lowest BCUT2D eigenvalue weighted by atomic mass is 10.0. The van der Waals surface area contributed by atoms with E-state index in [1.807, 2.05) is 0 Å². The average Bonchev–Trinajstić information content (AvgIpc) is 2.29. The van der Waals surface area contributed by atoms with Crippen LogP contribution in [0.25, 0.3) is 0 Å². The monoisotopic (exact) mass is 225 g/mol. The van der Waals surface area contributed by atoms with Crippen LogP contribution in [-0.2, 0) is 0 Å². The minimum Gasteiger partial charge on any atom is -0.302 e. The first kappa shape index (κ1) is 12.3. The molecule has 0 spiro atoms. The number of piperazine rings is 1. The molecule has 0 aliphatic carbocycles. The van der Waals surface area contributed by atoms with Gasteiger partial charge in [-0.3, -0.25) is 9.80 Å². The molecule has 3 heteroatoms. The summed E-state index contributed by atoms with van der Waals surface area (Å²) in [6.07, 6.45) is 4.77. The summed E-state index contributed by atoms with van der Waals surface area (Å²) in [5.74, 6) is 0. The summed E-state index contributed by atoms with van der Waals surface area (Å²) >= 11 is 0. The summed E-state index contributed by atoms with van der Waals surface area (Å²) in [6.45, 7) is 13.1. The van der Waals surface area contributed by atoms with Gasteiger partial charge in [0.05, 0.1) is 6.17 Å². The normalized spacial score (nSPS) is 30.6. The van der Waals surface area contributed by atoms with Crippen LogP contribution in [-0.4, -0.2) is 54.2 Å². The minimum absolute atomic E-state index is 0.339. The number of piperidine rings is 1. The molecule has 0 aromatic heterocycles. The maximum atomic E-state index is 3.65. The molecule has 3 nitrogen and oxygen atoms in total. The van der Waals surface area contributed by atoms with Crippen LogP contribution in [0.2, 0.25) is 0 Å². The Bertz CT molecular complexity index is 208. The summed E-state index contributed by atoms with van der Waals surface area (Å²) in [6, 6.07) is 0. The lowest BCUT2D eigenvalue weighted by molar-refractivity contribution is 0.0269. The fraction of sp³-hybridized carbons (Fsp3) is 1.00. The molecule has 2 aliphatic heterocycles. The van der Waals surface area contributed by atoms with E-state index < -0.39 is 0 Å². The molecule has 2 aliphatic rings. The van der Waals surface area contributed by atoms with E-state index in [9.17, 15) is 0 Å². The van der Waals surface area contributed by atoms with E-state index in [1.54, 1.807) is 0 Å². The lowest BCUT2D eigenvalue weighted by Crippen LogP contribution is -2.59. The highest BCUT2D eigenvalue weighted by Gasteiger charge is 2.29. The topological polar surface area (TPSA) is 18.5 Å². The van der Waals surface area contributed by atoms with Gasteiger partial charge in [-0.05, 0) is 46.6 Å². The van der Waals surface area contributed by atoms with Crippen molar-refractivity contribution < 1.29 is 0 Å². The molecule has 16 heavy (non-hydrogen) atoms. The van der Waals surface area contributed by atoms with Gasteiger partial charge in [0.1, 0.15) is 0 Å². The largest absolute Gasteiger partial charge is 0.302 e. The van der Waals surface area contributed by atoms with E-state index in [-0.39, 0.29) is 0 Å². The fourth-order valence-electron chi connectivity index (χ4n) is 2.85. The Kier molecular flexibility index (Phi) is 3.88. The van der Waals surface area contributed by atoms with E-state index in [0.29, 0.717) is 11.7 Å². The van der Waals surface area contributed by atoms with Gasteiger partial charge in [-0.1, -0.05) is 0 Å². The van der Waals surface area contributed by atoms with Crippen molar-refractivity contribution in [3.05, 3.63) is 0 Å². The Hall–Kier alpha value is -0.120. The molecule has 0 aromatic carbocycles. The number of nitrogens with zero attached hydrogens (tertiary/aromatic N) is 2. The van der Waals surface area contributed by atoms with Crippen LogP contribution in [0.15, 0.2) is 0 Å². The average molecular weight is 225 g/mol. The van der Waals surface area contributed by atoms with Gasteiger partial charge in [0.2, 0.25) is 0 Å². The van der Waals surface area contributed by atoms with Crippen LogP contribution >= 0.6 is 0 Å². The molecule has 1 unspecified atom stereocenters. The molecule has 2 saturated heterocycles. The molecular weight excluding hydrogens is 198 g/mol. The molecule has 2 rings (SSSR count). The molecule has 0 amide bonds. The van der Waals surface area contributed by atoms with Crippen LogP contribution in [0.4, 0.5) is 0 Å². The summed E-state index contributed by atoms with van der Waals surface area (Å²) in [5.41, 5.74) is 0.339. The maximum Gasteiger partial charge on any atom is 0.0597 e. The first-order chi connectivity index (χ1) is 7.57. The van der Waals surface area contributed by atoms with E-state index in [2.05, 4.69) is 35.9 Å². The Morgan fingerprint density at radius 3 is 2.19 bits per heavy atom. The second kappa shape index (κ2) is 5.03. The van der Waals surface area contributed by atoms with Gasteiger partial charge < -0.3 is 5.32 Å². The van der Waals surface area contributed by atoms with Crippen molar-refractivity contribution in [2.75, 3.05) is 32.7 Å². The fourth-order valence-corrected chi connectivity index (χ4v) is 2.85. The first-order valence-corrected chi connectivity index (χ1v) is 6.80. The van der Waals surface area contributed by atoms with Gasteiger partial charge in [0.15, 0.2) is 0 Å². The summed E-state index contributed by atoms with van der Waals surface area (Å²) in [5, 5.41) is 3.65. The van der Waals surface area contributed by atoms with Gasteiger partial charge in [-0.2, -0.15) is 0 Å². The zero-order chi connectivity index (χ0) is 11.6. The molecule has 0 radical (unpaired) electrons. The van der Waals surface area contributed by atoms with Gasteiger partial charge >= 0.3 is 0 Å². The SMILES string of the molecule is CC(C)(C)N1CCN(C2CCCCN2)CC1. The van der Waals surface area contributed by atoms with Crippen molar-refractivity contribution in [2.24, 2.45) is 0 Å². The third-order valence-corrected chi connectivity index (χ3v) is 3.99. The van der Waals surface area contributed by atoms with E-state index >= 15 is 0 Å². The quantitative estimate of drug-likeness (QED) is 0.729. The van der Waals surface area contributed by atoms with Crippen LogP contribution < -0.4 is 5.32 Å². The van der Waals surface area contributed by atoms with Crippen molar-refractivity contribution in [3.63, 3.8) is 0 Å². The van der Waals surface area contributed by atoms with Gasteiger partial charge in [-0.25, -0.2) is 0 Å². The highest BCUT2D eigenvalue weighted by molar-refractivity contribution is 4.84. The zero-order valence-electron chi connectivity index (χ0n) is 11.1. The van der Waals surface area contributed by atoms with Crippen molar-refractivity contribution >= 4 is 0 Å². The number of nitrogens with one attached hydrogen (secondary N) is 1. The predicted octanol–water partition coefficient (Wildman–Crippen LogP) is 1.50. The summed E-state index contributed by atoms with van der Waals surface area (Å²) in [4.78, 5) is 5.24. The van der Waals surface area contributed by atoms with Crippen LogP contribution in [0.3, 0.4) is 0 Å². The Morgan fingerprint density at radius 2 is 1.69 bits per heavy atom. The first-order valence-electron chi connectivity index (χ1n) is 6.80. The lowest BCUT2D eigenvalue weighted by Gasteiger charge is -2.45. The van der Waals surface area contributed by atoms with Gasteiger partial charge in [0, 0.05) is 31.7 Å². The van der Waals surface area contributed by atoms with E-state index in [4.69, 9.17) is 0 Å². The van der Waals surface area contributed by atoms with Crippen LogP contribution in [0.5, 0.6) is 0 Å². The van der Waals surface area contributed by atoms with Gasteiger partial charge in [-0.15, -0.1) is 0 Å². The number of rotatable bonds is 1. The third kappa shape index (κ3) is 2.96. The summed E-state index contributed by atoms with van der Waals surface area (Å²) < 4.78 is 0. The van der Waals surface area contributed by atoms with Crippen molar-refractivity contribution in [1.82, 2.24) is 15.1 Å². The smallest absolute Gasteiger partial charge is 0.0597 e. The highest BCUT2D eigenvalue weighted by atomic mass is 15.3. The molecule has 94 valence electrons. The zero-order valence-corrected chi connectivity index (χ0v) is 11.1. The molecule has 0 aromatic rings. The highest BCUT2D eigenvalue weighted by Crippen LogP contribution is 2.18. The molecule has 0 bridgehead atoms. The van der Waals surface area contributed by atoms with Crippen LogP contribution in [0.1, 0.15) is 40.0 Å². The molecule has 1 atom stereocenters. The van der Waals surface area contributed by atoms with Crippen molar-refractivity contribution in [3.8, 4) is 0 Å². The second-order valence-electron chi connectivity index (χ2n) is 6.16. The standard InChI is InChI=1S/C13H27N3/c1-13(2,3)16-10-8-15(9-11-16)12-6-4-5-7-14-12/h12,14H,4-11H2,1-3H3. The third-order valence-electron chi connectivity index (χ3n) is 3.99. The predicted molar refractivity (Wildman–Crippen MR) is 68.5 cm³/mol. The Balaban J connectivity index is 1.80. The molecule has 0 saturated carbocycles. The molecular formula is C13H27N3. The minimum atomic E-state index is 0.339. The Labute approximate surface area is 100 Å². The van der Waals surface area contributed by atoms with Crippen LogP contribution in [0, 0.1) is 0 Å². The van der Waals surface area contributed by atoms with Crippen molar-refractivity contribution in [2.45, 2.75) is 51.7 Å². The molecule has 2 fully saturated rings. The van der Waals surface area contributed by atoms with E-state index in [0.717, 1.165) is 0 Å². The number of hydrogen-bond donors (Lipinski definition) is 1. The maximum absolute atomic E-state index is 3.65. The summed E-state index contributed by atoms with van der Waals surface area (Å²) in [7, 11) is 0. The molecule has 2 heterocycles. The van der Waals surface area contributed by atoms with E-state index in [1.165, 1.54) is 52.0 Å². The Morgan fingerprint density at radius 1 is 1.00 bits per heavy atom. The second-order valence-corrected chi connectivity index (χ2v) is 6.16. The van der Waals surface area contributed by atoms with Gasteiger partial charge in [0.25, 0.3) is 0 Å². The molecule has 1 N–H and O–H groups in total.